The molecule has 0 radical (unpaired) electrons. The molecule has 1 heterocycles. The molecule has 0 amide bonds. The summed E-state index contributed by atoms with van der Waals surface area (Å²) in [7, 11) is 0. The molecule has 0 bridgehead atoms. The van der Waals surface area contributed by atoms with Crippen LogP contribution in [0.5, 0.6) is 0 Å². The molecule has 1 aromatic carbocycles. The highest BCUT2D eigenvalue weighted by molar-refractivity contribution is 9.10. The Morgan fingerprint density at radius 1 is 1.31 bits per heavy atom. The molecule has 0 spiro atoms. The first-order valence-electron chi connectivity index (χ1n) is 4.13. The monoisotopic (exact) mass is 238 g/mol. The standard InChI is InChI=1S/C10H11BrN2/c1-5-6(2)13-10-8(5)3-7(12)4-9(10)11/h3-4,13H,12H2,1-2H3. The molecule has 0 fully saturated rings. The van der Waals surface area contributed by atoms with Gasteiger partial charge in [-0.3, -0.25) is 0 Å². The van der Waals surface area contributed by atoms with Crippen molar-refractivity contribution in [1.29, 1.82) is 0 Å². The van der Waals surface area contributed by atoms with E-state index in [1.165, 1.54) is 16.6 Å². The maximum Gasteiger partial charge on any atom is 0.0604 e. The molecule has 2 rings (SSSR count). The van der Waals surface area contributed by atoms with Crippen LogP contribution in [0.2, 0.25) is 0 Å². The number of fused-ring (bicyclic) bond motifs is 1. The Hall–Kier alpha value is -0.960. The molecular weight excluding hydrogens is 228 g/mol. The van der Waals surface area contributed by atoms with Crippen LogP contribution in [-0.4, -0.2) is 4.98 Å². The SMILES string of the molecule is Cc1[nH]c2c(Br)cc(N)cc2c1C. The molecule has 2 nitrogen and oxygen atoms in total. The highest BCUT2D eigenvalue weighted by Gasteiger charge is 2.07. The summed E-state index contributed by atoms with van der Waals surface area (Å²) in [6.45, 7) is 4.16. The van der Waals surface area contributed by atoms with Crippen molar-refractivity contribution in [2.24, 2.45) is 0 Å². The van der Waals surface area contributed by atoms with E-state index < -0.39 is 0 Å². The Morgan fingerprint density at radius 2 is 2.00 bits per heavy atom. The maximum atomic E-state index is 5.76. The molecule has 0 aliphatic heterocycles. The summed E-state index contributed by atoms with van der Waals surface area (Å²) in [6, 6.07) is 3.91. The number of hydrogen-bond acceptors (Lipinski definition) is 1. The number of benzene rings is 1. The smallest absolute Gasteiger partial charge is 0.0604 e. The average molecular weight is 239 g/mol. The molecule has 0 unspecified atom stereocenters. The van der Waals surface area contributed by atoms with Crippen LogP contribution in [-0.2, 0) is 0 Å². The predicted octanol–water partition coefficient (Wildman–Crippen LogP) is 3.13. The van der Waals surface area contributed by atoms with E-state index in [4.69, 9.17) is 5.73 Å². The van der Waals surface area contributed by atoms with Crippen molar-refractivity contribution in [2.75, 3.05) is 5.73 Å². The molecule has 1 aromatic heterocycles. The Bertz CT molecular complexity index is 471. The minimum Gasteiger partial charge on any atom is -0.399 e. The molecule has 3 N–H and O–H groups in total. The Balaban J connectivity index is 2.94. The quantitative estimate of drug-likeness (QED) is 0.681. The molecule has 13 heavy (non-hydrogen) atoms. The van der Waals surface area contributed by atoms with Crippen LogP contribution in [0.3, 0.4) is 0 Å². The number of nitrogens with one attached hydrogen (secondary N) is 1. The molecule has 0 atom stereocenters. The van der Waals surface area contributed by atoms with E-state index in [0.29, 0.717) is 0 Å². The first-order chi connectivity index (χ1) is 6.09. The summed E-state index contributed by atoms with van der Waals surface area (Å²) < 4.78 is 1.03. The van der Waals surface area contributed by atoms with Gasteiger partial charge in [0.05, 0.1) is 5.52 Å². The predicted molar refractivity (Wildman–Crippen MR) is 59.9 cm³/mol. The molecule has 0 aliphatic rings. The van der Waals surface area contributed by atoms with E-state index >= 15 is 0 Å². The molecule has 0 saturated carbocycles. The number of aromatic amines is 1. The van der Waals surface area contributed by atoms with Crippen molar-refractivity contribution in [3.8, 4) is 0 Å². The number of hydrogen-bond donors (Lipinski definition) is 2. The first kappa shape index (κ1) is 8.63. The van der Waals surface area contributed by atoms with Crippen LogP contribution < -0.4 is 5.73 Å². The van der Waals surface area contributed by atoms with Crippen LogP contribution in [0.15, 0.2) is 16.6 Å². The van der Waals surface area contributed by atoms with Crippen molar-refractivity contribution in [3.05, 3.63) is 27.9 Å². The lowest BCUT2D eigenvalue weighted by Gasteiger charge is -1.97. The van der Waals surface area contributed by atoms with E-state index in [9.17, 15) is 0 Å². The Morgan fingerprint density at radius 3 is 2.69 bits per heavy atom. The van der Waals surface area contributed by atoms with E-state index in [1.54, 1.807) is 0 Å². The van der Waals surface area contributed by atoms with Gasteiger partial charge >= 0.3 is 0 Å². The van der Waals surface area contributed by atoms with Crippen LogP contribution in [0.4, 0.5) is 5.69 Å². The van der Waals surface area contributed by atoms with E-state index in [0.717, 1.165) is 15.7 Å². The first-order valence-corrected chi connectivity index (χ1v) is 4.93. The van der Waals surface area contributed by atoms with E-state index in [-0.39, 0.29) is 0 Å². The fourth-order valence-corrected chi connectivity index (χ4v) is 2.11. The highest BCUT2D eigenvalue weighted by atomic mass is 79.9. The summed E-state index contributed by atoms with van der Waals surface area (Å²) in [4.78, 5) is 3.32. The topological polar surface area (TPSA) is 41.8 Å². The maximum absolute atomic E-state index is 5.76. The zero-order chi connectivity index (χ0) is 9.59. The summed E-state index contributed by atoms with van der Waals surface area (Å²) in [5.41, 5.74) is 10.1. The molecule has 0 aliphatic carbocycles. The van der Waals surface area contributed by atoms with E-state index in [1.807, 2.05) is 12.1 Å². The molecular formula is C10H11BrN2. The minimum atomic E-state index is 0.793. The van der Waals surface area contributed by atoms with Crippen molar-refractivity contribution >= 4 is 32.5 Å². The zero-order valence-electron chi connectivity index (χ0n) is 7.61. The van der Waals surface area contributed by atoms with Gasteiger partial charge in [-0.05, 0) is 47.5 Å². The number of aryl methyl sites for hydroxylation is 2. The molecule has 0 saturated heterocycles. The van der Waals surface area contributed by atoms with Crippen molar-refractivity contribution in [3.63, 3.8) is 0 Å². The molecule has 68 valence electrons. The van der Waals surface area contributed by atoms with Crippen LogP contribution in [0, 0.1) is 13.8 Å². The second-order valence-corrected chi connectivity index (χ2v) is 4.15. The number of halogens is 1. The van der Waals surface area contributed by atoms with Crippen molar-refractivity contribution in [1.82, 2.24) is 4.98 Å². The second kappa shape index (κ2) is 2.77. The van der Waals surface area contributed by atoms with Crippen LogP contribution in [0.1, 0.15) is 11.3 Å². The Labute approximate surface area is 85.3 Å². The van der Waals surface area contributed by atoms with Gasteiger partial charge in [0.2, 0.25) is 0 Å². The Kier molecular flexibility index (Phi) is 1.84. The largest absolute Gasteiger partial charge is 0.399 e. The van der Waals surface area contributed by atoms with E-state index in [2.05, 4.69) is 34.8 Å². The van der Waals surface area contributed by atoms with Crippen LogP contribution in [0.25, 0.3) is 10.9 Å². The number of aromatic nitrogens is 1. The summed E-state index contributed by atoms with van der Waals surface area (Å²) >= 11 is 3.48. The summed E-state index contributed by atoms with van der Waals surface area (Å²) in [5, 5.41) is 1.20. The normalized spacial score (nSPS) is 11.0. The lowest BCUT2D eigenvalue weighted by Crippen LogP contribution is -1.84. The van der Waals surface area contributed by atoms with Gasteiger partial charge in [0.15, 0.2) is 0 Å². The van der Waals surface area contributed by atoms with Gasteiger partial charge in [0, 0.05) is 21.2 Å². The third-order valence-corrected chi connectivity index (χ3v) is 3.02. The number of H-pyrrole nitrogens is 1. The molecule has 2 aromatic rings. The number of nitrogens with two attached hydrogens (primary N) is 1. The van der Waals surface area contributed by atoms with Gasteiger partial charge in [0.25, 0.3) is 0 Å². The number of nitrogen functional groups attached to an aromatic ring is 1. The average Bonchev–Trinajstić information content (AvgIpc) is 2.32. The van der Waals surface area contributed by atoms with Crippen LogP contribution >= 0.6 is 15.9 Å². The summed E-state index contributed by atoms with van der Waals surface area (Å²) in [5.74, 6) is 0. The lowest BCUT2D eigenvalue weighted by atomic mass is 10.1. The van der Waals surface area contributed by atoms with Gasteiger partial charge < -0.3 is 10.7 Å². The fourth-order valence-electron chi connectivity index (χ4n) is 1.53. The van der Waals surface area contributed by atoms with Gasteiger partial charge in [-0.25, -0.2) is 0 Å². The lowest BCUT2D eigenvalue weighted by molar-refractivity contribution is 1.25. The number of rotatable bonds is 0. The molecule has 3 heteroatoms. The third kappa shape index (κ3) is 1.23. The number of anilines is 1. The van der Waals surface area contributed by atoms with Crippen molar-refractivity contribution < 1.29 is 0 Å². The third-order valence-electron chi connectivity index (χ3n) is 2.39. The van der Waals surface area contributed by atoms with Crippen molar-refractivity contribution in [2.45, 2.75) is 13.8 Å². The highest BCUT2D eigenvalue weighted by Crippen LogP contribution is 2.30. The van der Waals surface area contributed by atoms with Gasteiger partial charge in [0.1, 0.15) is 0 Å². The second-order valence-electron chi connectivity index (χ2n) is 3.30. The summed E-state index contributed by atoms with van der Waals surface area (Å²) in [6.07, 6.45) is 0. The van der Waals surface area contributed by atoms with Gasteiger partial charge in [-0.2, -0.15) is 0 Å². The minimum absolute atomic E-state index is 0.793. The zero-order valence-corrected chi connectivity index (χ0v) is 9.20. The van der Waals surface area contributed by atoms with Gasteiger partial charge in [-0.15, -0.1) is 0 Å². The fraction of sp³-hybridized carbons (Fsp3) is 0.200. The van der Waals surface area contributed by atoms with Gasteiger partial charge in [-0.1, -0.05) is 0 Å².